The van der Waals surface area contributed by atoms with Crippen LogP contribution in [0.2, 0.25) is 0 Å². The lowest BCUT2D eigenvalue weighted by Gasteiger charge is -2.26. The second kappa shape index (κ2) is 6.83. The molecular weight excluding hydrogens is 276 g/mol. The molecule has 6 heteroatoms. The second-order valence-corrected chi connectivity index (χ2v) is 6.46. The first-order valence-corrected chi connectivity index (χ1v) is 7.83. The van der Waals surface area contributed by atoms with Crippen molar-refractivity contribution in [1.82, 2.24) is 10.3 Å². The highest BCUT2D eigenvalue weighted by atomic mass is 32.1. The average molecular weight is 296 g/mol. The largest absolute Gasteiger partial charge is 0.481 e. The van der Waals surface area contributed by atoms with E-state index in [0.29, 0.717) is 18.9 Å². The van der Waals surface area contributed by atoms with Gasteiger partial charge >= 0.3 is 5.97 Å². The van der Waals surface area contributed by atoms with E-state index in [1.807, 2.05) is 12.3 Å². The maximum atomic E-state index is 11.8. The molecule has 1 amide bonds. The molecule has 1 aromatic rings. The van der Waals surface area contributed by atoms with Crippen molar-refractivity contribution in [2.24, 2.45) is 11.8 Å². The number of nitrogens with one attached hydrogen (secondary N) is 1. The van der Waals surface area contributed by atoms with Crippen LogP contribution in [0.3, 0.4) is 0 Å². The molecule has 2 N–H and O–H groups in total. The number of rotatable bonds is 5. The van der Waals surface area contributed by atoms with E-state index < -0.39 is 5.97 Å². The monoisotopic (exact) mass is 296 g/mol. The van der Waals surface area contributed by atoms with Gasteiger partial charge in [0, 0.05) is 11.9 Å². The lowest BCUT2D eigenvalue weighted by molar-refractivity contribution is -0.143. The molecule has 0 spiro atoms. The Hall–Kier alpha value is -1.43. The zero-order valence-corrected chi connectivity index (χ0v) is 12.4. The van der Waals surface area contributed by atoms with Gasteiger partial charge in [0.15, 0.2) is 0 Å². The van der Waals surface area contributed by atoms with Crippen LogP contribution < -0.4 is 5.32 Å². The van der Waals surface area contributed by atoms with Gasteiger partial charge in [-0.15, -0.1) is 11.3 Å². The molecular formula is C14H20N2O3S. The first-order chi connectivity index (χ1) is 9.54. The first kappa shape index (κ1) is 15.0. The van der Waals surface area contributed by atoms with Crippen molar-refractivity contribution in [3.63, 3.8) is 0 Å². The Labute approximate surface area is 122 Å². The molecule has 0 aliphatic heterocycles. The highest BCUT2D eigenvalue weighted by Gasteiger charge is 2.25. The third-order valence-electron chi connectivity index (χ3n) is 3.79. The Balaban J connectivity index is 1.68. The Morgan fingerprint density at radius 2 is 2.10 bits per heavy atom. The predicted octanol–water partition coefficient (Wildman–Crippen LogP) is 2.00. The standard InChI is InChI=1S/C14H20N2O3S/c1-9-16-12(8-20-9)6-13(17)15-7-10-2-4-11(5-3-10)14(18)19/h8,10-11H,2-7H2,1H3,(H,15,17)(H,18,19). The topological polar surface area (TPSA) is 79.3 Å². The number of aromatic nitrogens is 1. The number of hydrogen-bond acceptors (Lipinski definition) is 4. The summed E-state index contributed by atoms with van der Waals surface area (Å²) in [5.74, 6) is -0.478. The quantitative estimate of drug-likeness (QED) is 0.871. The van der Waals surface area contributed by atoms with Crippen molar-refractivity contribution in [2.75, 3.05) is 6.54 Å². The van der Waals surface area contributed by atoms with Gasteiger partial charge in [-0.3, -0.25) is 9.59 Å². The van der Waals surface area contributed by atoms with Crippen LogP contribution in [0.15, 0.2) is 5.38 Å². The van der Waals surface area contributed by atoms with Crippen molar-refractivity contribution in [1.29, 1.82) is 0 Å². The van der Waals surface area contributed by atoms with Gasteiger partial charge in [0.25, 0.3) is 0 Å². The average Bonchev–Trinajstić information content (AvgIpc) is 2.82. The fraction of sp³-hybridized carbons (Fsp3) is 0.643. The Morgan fingerprint density at radius 1 is 1.40 bits per heavy atom. The summed E-state index contributed by atoms with van der Waals surface area (Å²) in [6.45, 7) is 2.57. The SMILES string of the molecule is Cc1nc(CC(=O)NCC2CCC(C(=O)O)CC2)cs1. The van der Waals surface area contributed by atoms with Gasteiger partial charge in [0.05, 0.1) is 23.0 Å². The summed E-state index contributed by atoms with van der Waals surface area (Å²) in [6, 6.07) is 0. The molecule has 1 fully saturated rings. The molecule has 0 atom stereocenters. The van der Waals surface area contributed by atoms with E-state index in [4.69, 9.17) is 5.11 Å². The van der Waals surface area contributed by atoms with Gasteiger partial charge in [0.1, 0.15) is 0 Å². The van der Waals surface area contributed by atoms with Crippen LogP contribution in [0.1, 0.15) is 36.4 Å². The zero-order valence-electron chi connectivity index (χ0n) is 11.6. The summed E-state index contributed by atoms with van der Waals surface area (Å²) in [6.07, 6.45) is 3.54. The van der Waals surface area contributed by atoms with E-state index in [9.17, 15) is 9.59 Å². The van der Waals surface area contributed by atoms with Crippen molar-refractivity contribution in [3.8, 4) is 0 Å². The lowest BCUT2D eigenvalue weighted by Crippen LogP contribution is -2.33. The molecule has 1 aliphatic rings. The number of carbonyl (C=O) groups excluding carboxylic acids is 1. The minimum atomic E-state index is -0.689. The molecule has 0 bridgehead atoms. The van der Waals surface area contributed by atoms with Crippen LogP contribution in [-0.2, 0) is 16.0 Å². The second-order valence-electron chi connectivity index (χ2n) is 5.39. The van der Waals surface area contributed by atoms with Crippen molar-refractivity contribution < 1.29 is 14.7 Å². The fourth-order valence-corrected chi connectivity index (χ4v) is 3.20. The Morgan fingerprint density at radius 3 is 2.65 bits per heavy atom. The summed E-state index contributed by atoms with van der Waals surface area (Å²) >= 11 is 1.55. The molecule has 1 aliphatic carbocycles. The number of thiazole rings is 1. The van der Waals surface area contributed by atoms with Gasteiger partial charge in [-0.2, -0.15) is 0 Å². The van der Waals surface area contributed by atoms with Crippen LogP contribution in [0.25, 0.3) is 0 Å². The molecule has 20 heavy (non-hydrogen) atoms. The number of aliphatic carboxylic acids is 1. The van der Waals surface area contributed by atoms with Gasteiger partial charge in [-0.25, -0.2) is 4.98 Å². The number of carboxylic acids is 1. The third-order valence-corrected chi connectivity index (χ3v) is 4.61. The molecule has 0 radical (unpaired) electrons. The maximum Gasteiger partial charge on any atom is 0.306 e. The number of nitrogens with zero attached hydrogens (tertiary/aromatic N) is 1. The van der Waals surface area contributed by atoms with E-state index in [0.717, 1.165) is 36.4 Å². The first-order valence-electron chi connectivity index (χ1n) is 6.95. The number of carbonyl (C=O) groups is 2. The third kappa shape index (κ3) is 4.30. The molecule has 5 nitrogen and oxygen atoms in total. The molecule has 110 valence electrons. The number of hydrogen-bond donors (Lipinski definition) is 2. The van der Waals surface area contributed by atoms with Gasteiger partial charge in [0.2, 0.25) is 5.91 Å². The van der Waals surface area contributed by atoms with Crippen LogP contribution in [0.4, 0.5) is 0 Å². The summed E-state index contributed by atoms with van der Waals surface area (Å²) < 4.78 is 0. The van der Waals surface area contributed by atoms with E-state index in [2.05, 4.69) is 10.3 Å². The number of carboxylic acid groups (broad SMARTS) is 1. The minimum Gasteiger partial charge on any atom is -0.481 e. The molecule has 1 aromatic heterocycles. The molecule has 0 aromatic carbocycles. The predicted molar refractivity (Wildman–Crippen MR) is 76.6 cm³/mol. The summed E-state index contributed by atoms with van der Waals surface area (Å²) in [7, 11) is 0. The molecule has 1 saturated carbocycles. The summed E-state index contributed by atoms with van der Waals surface area (Å²) in [5, 5.41) is 14.7. The maximum absolute atomic E-state index is 11.8. The van der Waals surface area contributed by atoms with E-state index >= 15 is 0 Å². The van der Waals surface area contributed by atoms with E-state index in [-0.39, 0.29) is 11.8 Å². The minimum absolute atomic E-state index is 0.00402. The zero-order chi connectivity index (χ0) is 14.5. The molecule has 0 unspecified atom stereocenters. The van der Waals surface area contributed by atoms with Gasteiger partial charge < -0.3 is 10.4 Å². The van der Waals surface area contributed by atoms with Crippen molar-refractivity contribution in [2.45, 2.75) is 39.0 Å². The smallest absolute Gasteiger partial charge is 0.306 e. The summed E-state index contributed by atoms with van der Waals surface area (Å²) in [4.78, 5) is 26.9. The Bertz CT molecular complexity index is 479. The van der Waals surface area contributed by atoms with E-state index in [1.165, 1.54) is 0 Å². The number of aryl methyl sites for hydroxylation is 1. The highest BCUT2D eigenvalue weighted by Crippen LogP contribution is 2.28. The van der Waals surface area contributed by atoms with Crippen molar-refractivity contribution >= 4 is 23.2 Å². The van der Waals surface area contributed by atoms with Crippen LogP contribution >= 0.6 is 11.3 Å². The van der Waals surface area contributed by atoms with Crippen LogP contribution in [0.5, 0.6) is 0 Å². The van der Waals surface area contributed by atoms with Crippen LogP contribution in [0, 0.1) is 18.8 Å². The molecule has 2 rings (SSSR count). The van der Waals surface area contributed by atoms with Crippen LogP contribution in [-0.4, -0.2) is 28.5 Å². The number of amides is 1. The highest BCUT2D eigenvalue weighted by molar-refractivity contribution is 7.09. The molecule has 1 heterocycles. The summed E-state index contributed by atoms with van der Waals surface area (Å²) in [5.41, 5.74) is 0.819. The fourth-order valence-electron chi connectivity index (χ4n) is 2.59. The van der Waals surface area contributed by atoms with E-state index in [1.54, 1.807) is 11.3 Å². The van der Waals surface area contributed by atoms with Gasteiger partial charge in [-0.05, 0) is 38.5 Å². The normalized spacial score (nSPS) is 22.4. The van der Waals surface area contributed by atoms with Crippen molar-refractivity contribution in [3.05, 3.63) is 16.1 Å². The lowest BCUT2D eigenvalue weighted by atomic mass is 9.82. The molecule has 0 saturated heterocycles. The Kier molecular flexibility index (Phi) is 5.11. The van der Waals surface area contributed by atoms with Gasteiger partial charge in [-0.1, -0.05) is 0 Å².